The Kier molecular flexibility index (Phi) is 6.40. The van der Waals surface area contributed by atoms with Crippen LogP contribution in [0.4, 0.5) is 0 Å². The third-order valence-corrected chi connectivity index (χ3v) is 5.43. The SMILES string of the molecule is CCCCCOC(=O)Cn1cnc2scc(-c3ccc(CC)cc3)c2c1=O. The number of nitrogens with zero attached hydrogens (tertiary/aromatic N) is 2. The van der Waals surface area contributed by atoms with Crippen LogP contribution < -0.4 is 5.56 Å². The third-order valence-electron chi connectivity index (χ3n) is 4.54. The summed E-state index contributed by atoms with van der Waals surface area (Å²) < 4.78 is 6.55. The van der Waals surface area contributed by atoms with E-state index in [0.29, 0.717) is 16.8 Å². The Bertz CT molecular complexity index is 973. The lowest BCUT2D eigenvalue weighted by Gasteiger charge is -2.07. The molecule has 5 nitrogen and oxygen atoms in total. The molecule has 3 aromatic rings. The van der Waals surface area contributed by atoms with E-state index in [0.717, 1.165) is 36.8 Å². The topological polar surface area (TPSA) is 61.2 Å². The van der Waals surface area contributed by atoms with Gasteiger partial charge in [0.25, 0.3) is 5.56 Å². The molecule has 2 heterocycles. The molecule has 0 unspecified atom stereocenters. The standard InChI is InChI=1S/C21H24N2O3S/c1-3-5-6-11-26-18(24)12-23-14-22-20-19(21(23)25)17(13-27-20)16-9-7-15(4-2)8-10-16/h7-10,13-14H,3-6,11-12H2,1-2H3. The second kappa shape index (κ2) is 8.95. The van der Waals surface area contributed by atoms with Crippen LogP contribution >= 0.6 is 11.3 Å². The minimum atomic E-state index is -0.404. The normalized spacial score (nSPS) is 11.0. The van der Waals surface area contributed by atoms with Crippen molar-refractivity contribution in [3.8, 4) is 11.1 Å². The summed E-state index contributed by atoms with van der Waals surface area (Å²) in [6.07, 6.45) is 5.34. The van der Waals surface area contributed by atoms with Gasteiger partial charge in [0.05, 0.1) is 18.3 Å². The number of thiophene rings is 1. The van der Waals surface area contributed by atoms with Crippen molar-refractivity contribution in [3.63, 3.8) is 0 Å². The van der Waals surface area contributed by atoms with Crippen molar-refractivity contribution < 1.29 is 9.53 Å². The van der Waals surface area contributed by atoms with Gasteiger partial charge in [0.2, 0.25) is 0 Å². The van der Waals surface area contributed by atoms with E-state index in [2.05, 4.69) is 31.0 Å². The highest BCUT2D eigenvalue weighted by Crippen LogP contribution is 2.30. The summed E-state index contributed by atoms with van der Waals surface area (Å²) in [5.74, 6) is -0.404. The van der Waals surface area contributed by atoms with E-state index in [9.17, 15) is 9.59 Å². The Morgan fingerprint density at radius 2 is 1.96 bits per heavy atom. The van der Waals surface area contributed by atoms with E-state index in [4.69, 9.17) is 4.74 Å². The first-order valence-corrected chi connectivity index (χ1v) is 10.2. The Labute approximate surface area is 162 Å². The van der Waals surface area contributed by atoms with E-state index in [-0.39, 0.29) is 12.1 Å². The predicted octanol–water partition coefficient (Wildman–Crippen LogP) is 4.42. The van der Waals surface area contributed by atoms with Crippen LogP contribution in [0.5, 0.6) is 0 Å². The molecule has 0 fully saturated rings. The number of fused-ring (bicyclic) bond motifs is 1. The van der Waals surface area contributed by atoms with Gasteiger partial charge < -0.3 is 4.74 Å². The summed E-state index contributed by atoms with van der Waals surface area (Å²) in [6.45, 7) is 4.48. The van der Waals surface area contributed by atoms with Gasteiger partial charge in [0, 0.05) is 10.9 Å². The molecular weight excluding hydrogens is 360 g/mol. The lowest BCUT2D eigenvalue weighted by Crippen LogP contribution is -2.25. The highest BCUT2D eigenvalue weighted by Gasteiger charge is 2.15. The molecule has 27 heavy (non-hydrogen) atoms. The summed E-state index contributed by atoms with van der Waals surface area (Å²) in [5.41, 5.74) is 2.89. The number of esters is 1. The fraction of sp³-hybridized carbons (Fsp3) is 0.381. The fourth-order valence-electron chi connectivity index (χ4n) is 2.94. The van der Waals surface area contributed by atoms with Gasteiger partial charge in [-0.05, 0) is 24.0 Å². The number of rotatable bonds is 8. The number of hydrogen-bond donors (Lipinski definition) is 0. The van der Waals surface area contributed by atoms with Gasteiger partial charge in [-0.25, -0.2) is 4.98 Å². The monoisotopic (exact) mass is 384 g/mol. The van der Waals surface area contributed by atoms with Crippen LogP contribution in [0.15, 0.2) is 40.8 Å². The van der Waals surface area contributed by atoms with Crippen LogP contribution in [-0.4, -0.2) is 22.1 Å². The van der Waals surface area contributed by atoms with Gasteiger partial charge in [-0.15, -0.1) is 11.3 Å². The number of aryl methyl sites for hydroxylation is 1. The Morgan fingerprint density at radius 3 is 2.67 bits per heavy atom. The van der Waals surface area contributed by atoms with Gasteiger partial charge in [-0.2, -0.15) is 0 Å². The average molecular weight is 385 g/mol. The summed E-state index contributed by atoms with van der Waals surface area (Å²) in [7, 11) is 0. The molecule has 142 valence electrons. The molecule has 0 N–H and O–H groups in total. The summed E-state index contributed by atoms with van der Waals surface area (Å²) in [5, 5.41) is 2.51. The fourth-order valence-corrected chi connectivity index (χ4v) is 3.84. The van der Waals surface area contributed by atoms with Crippen molar-refractivity contribution in [3.05, 3.63) is 51.9 Å². The minimum Gasteiger partial charge on any atom is -0.464 e. The van der Waals surface area contributed by atoms with Crippen molar-refractivity contribution in [2.75, 3.05) is 6.61 Å². The smallest absolute Gasteiger partial charge is 0.326 e. The third kappa shape index (κ3) is 4.45. The second-order valence-corrected chi connectivity index (χ2v) is 7.34. The number of aromatic nitrogens is 2. The Balaban J connectivity index is 1.85. The largest absolute Gasteiger partial charge is 0.464 e. The zero-order valence-electron chi connectivity index (χ0n) is 15.7. The molecule has 6 heteroatoms. The van der Waals surface area contributed by atoms with Gasteiger partial charge in [-0.3, -0.25) is 14.2 Å². The van der Waals surface area contributed by atoms with Crippen LogP contribution in [-0.2, 0) is 22.5 Å². The predicted molar refractivity (Wildman–Crippen MR) is 109 cm³/mol. The molecule has 0 amide bonds. The first-order valence-electron chi connectivity index (χ1n) is 9.35. The van der Waals surface area contributed by atoms with Crippen molar-refractivity contribution in [2.24, 2.45) is 0 Å². The molecule has 0 radical (unpaired) electrons. The molecule has 3 rings (SSSR count). The van der Waals surface area contributed by atoms with E-state index in [1.165, 1.54) is 27.8 Å². The molecule has 0 aliphatic rings. The summed E-state index contributed by atoms with van der Waals surface area (Å²) in [4.78, 5) is 30.0. The minimum absolute atomic E-state index is 0.113. The number of unbranched alkanes of at least 4 members (excludes halogenated alkanes) is 2. The van der Waals surface area contributed by atoms with E-state index in [1.807, 2.05) is 17.5 Å². The van der Waals surface area contributed by atoms with Crippen LogP contribution in [0.1, 0.15) is 38.7 Å². The van der Waals surface area contributed by atoms with Crippen LogP contribution in [0.25, 0.3) is 21.3 Å². The molecule has 0 bridgehead atoms. The average Bonchev–Trinajstić information content (AvgIpc) is 3.12. The lowest BCUT2D eigenvalue weighted by molar-refractivity contribution is -0.144. The Hall–Kier alpha value is -2.47. The van der Waals surface area contributed by atoms with E-state index < -0.39 is 5.97 Å². The quantitative estimate of drug-likeness (QED) is 0.426. The highest BCUT2D eigenvalue weighted by atomic mass is 32.1. The molecule has 0 atom stereocenters. The maximum absolute atomic E-state index is 12.9. The highest BCUT2D eigenvalue weighted by molar-refractivity contribution is 7.17. The number of benzene rings is 1. The van der Waals surface area contributed by atoms with Crippen molar-refractivity contribution in [1.82, 2.24) is 9.55 Å². The number of hydrogen-bond acceptors (Lipinski definition) is 5. The van der Waals surface area contributed by atoms with Crippen molar-refractivity contribution in [2.45, 2.75) is 46.1 Å². The van der Waals surface area contributed by atoms with Crippen LogP contribution in [0.3, 0.4) is 0 Å². The molecule has 0 saturated heterocycles. The zero-order chi connectivity index (χ0) is 19.2. The summed E-state index contributed by atoms with van der Waals surface area (Å²) in [6, 6.07) is 8.20. The zero-order valence-corrected chi connectivity index (χ0v) is 16.6. The number of carbonyl (C=O) groups is 1. The van der Waals surface area contributed by atoms with Crippen LogP contribution in [0, 0.1) is 0 Å². The van der Waals surface area contributed by atoms with Gasteiger partial charge in [0.1, 0.15) is 11.4 Å². The molecule has 1 aromatic carbocycles. The van der Waals surface area contributed by atoms with Crippen LogP contribution in [0.2, 0.25) is 0 Å². The molecule has 2 aromatic heterocycles. The lowest BCUT2D eigenvalue weighted by atomic mass is 10.0. The van der Waals surface area contributed by atoms with Crippen molar-refractivity contribution in [1.29, 1.82) is 0 Å². The molecule has 0 saturated carbocycles. The van der Waals surface area contributed by atoms with Gasteiger partial charge >= 0.3 is 5.97 Å². The first kappa shape index (κ1) is 19.3. The Morgan fingerprint density at radius 1 is 1.19 bits per heavy atom. The molecule has 0 spiro atoms. The molecule has 0 aliphatic heterocycles. The first-order chi connectivity index (χ1) is 13.1. The van der Waals surface area contributed by atoms with Crippen molar-refractivity contribution >= 4 is 27.5 Å². The molecule has 0 aliphatic carbocycles. The van der Waals surface area contributed by atoms with E-state index in [1.54, 1.807) is 0 Å². The summed E-state index contributed by atoms with van der Waals surface area (Å²) >= 11 is 1.44. The van der Waals surface area contributed by atoms with Gasteiger partial charge in [0.15, 0.2) is 0 Å². The second-order valence-electron chi connectivity index (χ2n) is 6.49. The maximum Gasteiger partial charge on any atom is 0.326 e. The van der Waals surface area contributed by atoms with Gasteiger partial charge in [-0.1, -0.05) is 51.0 Å². The maximum atomic E-state index is 12.9. The number of ether oxygens (including phenoxy) is 1. The number of carbonyl (C=O) groups excluding carboxylic acids is 1. The van der Waals surface area contributed by atoms with E-state index >= 15 is 0 Å². The molecular formula is C21H24N2O3S.